The van der Waals surface area contributed by atoms with Crippen LogP contribution in [0.15, 0.2) is 30.0 Å². The Morgan fingerprint density at radius 1 is 1.31 bits per heavy atom. The number of rotatable bonds is 2. The lowest BCUT2D eigenvalue weighted by Crippen LogP contribution is -2.11. The van der Waals surface area contributed by atoms with Gasteiger partial charge in [-0.25, -0.2) is 8.78 Å². The van der Waals surface area contributed by atoms with Crippen LogP contribution >= 0.6 is 0 Å². The number of hydrogen-bond acceptors (Lipinski definition) is 2. The van der Waals surface area contributed by atoms with E-state index < -0.39 is 17.4 Å². The first-order valence-electron chi connectivity index (χ1n) is 4.99. The molecule has 0 amide bonds. The lowest BCUT2D eigenvalue weighted by atomic mass is 9.99. The molecule has 0 saturated carbocycles. The van der Waals surface area contributed by atoms with Gasteiger partial charge in [-0.05, 0) is 25.0 Å². The molecule has 0 saturated heterocycles. The van der Waals surface area contributed by atoms with Gasteiger partial charge in [0.25, 0.3) is 0 Å². The van der Waals surface area contributed by atoms with Gasteiger partial charge in [-0.15, -0.1) is 0 Å². The van der Waals surface area contributed by atoms with Crippen LogP contribution in [-0.4, -0.2) is 12.4 Å². The summed E-state index contributed by atoms with van der Waals surface area (Å²) in [5, 5.41) is 0. The van der Waals surface area contributed by atoms with Crippen molar-refractivity contribution in [3.63, 3.8) is 0 Å². The summed E-state index contributed by atoms with van der Waals surface area (Å²) in [5.74, 6) is -1.96. The van der Waals surface area contributed by atoms with E-state index in [2.05, 4.69) is 0 Å². The van der Waals surface area contributed by atoms with Crippen LogP contribution in [0.2, 0.25) is 0 Å². The van der Waals surface area contributed by atoms with E-state index in [4.69, 9.17) is 4.74 Å². The number of Topliss-reactive ketones (excluding diaryl/α,β-unsaturated/α-hetero) is 1. The summed E-state index contributed by atoms with van der Waals surface area (Å²) in [6.45, 7) is 0.572. The Balaban J connectivity index is 2.30. The van der Waals surface area contributed by atoms with E-state index in [1.54, 1.807) is 0 Å². The van der Waals surface area contributed by atoms with Crippen molar-refractivity contribution in [3.8, 4) is 0 Å². The van der Waals surface area contributed by atoms with Gasteiger partial charge >= 0.3 is 0 Å². The number of halogens is 2. The smallest absolute Gasteiger partial charge is 0.195 e. The second-order valence-corrected chi connectivity index (χ2v) is 3.57. The van der Waals surface area contributed by atoms with Gasteiger partial charge in [0.2, 0.25) is 0 Å². The van der Waals surface area contributed by atoms with Crippen molar-refractivity contribution >= 4 is 5.78 Å². The van der Waals surface area contributed by atoms with E-state index in [1.165, 1.54) is 6.26 Å². The second kappa shape index (κ2) is 4.43. The summed E-state index contributed by atoms with van der Waals surface area (Å²) in [5.41, 5.74) is 0.315. The van der Waals surface area contributed by atoms with E-state index in [0.29, 0.717) is 24.7 Å². The maximum Gasteiger partial charge on any atom is 0.195 e. The summed E-state index contributed by atoms with van der Waals surface area (Å²) >= 11 is 0. The molecule has 0 N–H and O–H groups in total. The fourth-order valence-electron chi connectivity index (χ4n) is 1.58. The average molecular weight is 224 g/mol. The van der Waals surface area contributed by atoms with Crippen molar-refractivity contribution in [2.45, 2.75) is 12.8 Å². The van der Waals surface area contributed by atoms with Gasteiger partial charge in [-0.1, -0.05) is 0 Å². The van der Waals surface area contributed by atoms with Gasteiger partial charge in [-0.2, -0.15) is 0 Å². The van der Waals surface area contributed by atoms with Crippen molar-refractivity contribution in [1.82, 2.24) is 0 Å². The Bertz CT molecular complexity index is 452. The number of carbonyl (C=O) groups is 1. The first-order chi connectivity index (χ1) is 7.68. The van der Waals surface area contributed by atoms with Crippen LogP contribution in [0.25, 0.3) is 0 Å². The van der Waals surface area contributed by atoms with Crippen LogP contribution in [0, 0.1) is 11.6 Å². The number of ketones is 1. The summed E-state index contributed by atoms with van der Waals surface area (Å²) in [6, 6.07) is 2.93. The molecular weight excluding hydrogens is 214 g/mol. The van der Waals surface area contributed by atoms with Crippen molar-refractivity contribution in [1.29, 1.82) is 0 Å². The van der Waals surface area contributed by atoms with E-state index >= 15 is 0 Å². The van der Waals surface area contributed by atoms with Crippen LogP contribution in [0.1, 0.15) is 23.2 Å². The van der Waals surface area contributed by atoms with E-state index in [9.17, 15) is 13.6 Å². The molecule has 0 unspecified atom stereocenters. The summed E-state index contributed by atoms with van der Waals surface area (Å²) in [4.78, 5) is 11.8. The minimum absolute atomic E-state index is 0.113. The lowest BCUT2D eigenvalue weighted by molar-refractivity contribution is 0.101. The van der Waals surface area contributed by atoms with Crippen molar-refractivity contribution in [2.24, 2.45) is 0 Å². The first-order valence-corrected chi connectivity index (χ1v) is 4.99. The predicted molar refractivity (Wildman–Crippen MR) is 54.0 cm³/mol. The molecule has 84 valence electrons. The zero-order chi connectivity index (χ0) is 11.5. The average Bonchev–Trinajstić information content (AvgIpc) is 2.29. The fraction of sp³-hybridized carbons (Fsp3) is 0.250. The molecule has 0 atom stereocenters. The molecule has 1 aliphatic rings. The van der Waals surface area contributed by atoms with Crippen LogP contribution in [0.4, 0.5) is 8.78 Å². The van der Waals surface area contributed by atoms with Gasteiger partial charge in [-0.3, -0.25) is 4.79 Å². The predicted octanol–water partition coefficient (Wildman–Crippen LogP) is 2.84. The molecule has 0 spiro atoms. The van der Waals surface area contributed by atoms with Gasteiger partial charge in [0.1, 0.15) is 11.6 Å². The van der Waals surface area contributed by atoms with Crippen LogP contribution in [-0.2, 0) is 4.74 Å². The summed E-state index contributed by atoms with van der Waals surface area (Å²) < 4.78 is 31.0. The standard InChI is InChI=1S/C12H10F2O2/c13-9-3-4-10(11(14)6-9)12(15)8-2-1-5-16-7-8/h3-4,6-7H,1-2,5H2. The quantitative estimate of drug-likeness (QED) is 0.722. The molecule has 0 fully saturated rings. The van der Waals surface area contributed by atoms with E-state index in [0.717, 1.165) is 18.6 Å². The fourth-order valence-corrected chi connectivity index (χ4v) is 1.58. The van der Waals surface area contributed by atoms with Crippen LogP contribution < -0.4 is 0 Å². The molecular formula is C12H10F2O2. The zero-order valence-corrected chi connectivity index (χ0v) is 8.50. The highest BCUT2D eigenvalue weighted by Gasteiger charge is 2.18. The summed E-state index contributed by atoms with van der Waals surface area (Å²) in [7, 11) is 0. The Kier molecular flexibility index (Phi) is 2.99. The van der Waals surface area contributed by atoms with Crippen molar-refractivity contribution in [3.05, 3.63) is 47.2 Å². The molecule has 4 heteroatoms. The minimum Gasteiger partial charge on any atom is -0.501 e. The number of allylic oxidation sites excluding steroid dienone is 1. The highest BCUT2D eigenvalue weighted by molar-refractivity contribution is 6.08. The third-order valence-corrected chi connectivity index (χ3v) is 2.40. The van der Waals surface area contributed by atoms with E-state index in [-0.39, 0.29) is 5.56 Å². The monoisotopic (exact) mass is 224 g/mol. The van der Waals surface area contributed by atoms with Crippen LogP contribution in [0.5, 0.6) is 0 Å². The lowest BCUT2D eigenvalue weighted by Gasteiger charge is -2.12. The van der Waals surface area contributed by atoms with Crippen molar-refractivity contribution in [2.75, 3.05) is 6.61 Å². The molecule has 16 heavy (non-hydrogen) atoms. The molecule has 0 radical (unpaired) electrons. The number of benzene rings is 1. The summed E-state index contributed by atoms with van der Waals surface area (Å²) in [6.07, 6.45) is 2.66. The molecule has 1 aromatic rings. The van der Waals surface area contributed by atoms with Gasteiger partial charge in [0, 0.05) is 11.6 Å². The van der Waals surface area contributed by atoms with E-state index in [1.807, 2.05) is 0 Å². The molecule has 0 aliphatic carbocycles. The maximum atomic E-state index is 13.3. The van der Waals surface area contributed by atoms with Gasteiger partial charge < -0.3 is 4.74 Å². The minimum atomic E-state index is -0.837. The number of hydrogen-bond donors (Lipinski definition) is 0. The topological polar surface area (TPSA) is 26.3 Å². The Hall–Kier alpha value is -1.71. The third-order valence-electron chi connectivity index (χ3n) is 2.40. The molecule has 2 nitrogen and oxygen atoms in total. The second-order valence-electron chi connectivity index (χ2n) is 3.57. The number of carbonyl (C=O) groups excluding carboxylic acids is 1. The molecule has 1 aromatic carbocycles. The maximum absolute atomic E-state index is 13.3. The molecule has 1 heterocycles. The molecule has 0 aromatic heterocycles. The first kappa shape index (κ1) is 10.8. The molecule has 0 bridgehead atoms. The largest absolute Gasteiger partial charge is 0.501 e. The third kappa shape index (κ3) is 2.10. The van der Waals surface area contributed by atoms with Gasteiger partial charge in [0.15, 0.2) is 5.78 Å². The highest BCUT2D eigenvalue weighted by Crippen LogP contribution is 2.19. The molecule has 1 aliphatic heterocycles. The number of ether oxygens (including phenoxy) is 1. The molecule has 2 rings (SSSR count). The Morgan fingerprint density at radius 2 is 2.12 bits per heavy atom. The van der Waals surface area contributed by atoms with Crippen molar-refractivity contribution < 1.29 is 18.3 Å². The van der Waals surface area contributed by atoms with Gasteiger partial charge in [0.05, 0.1) is 18.4 Å². The zero-order valence-electron chi connectivity index (χ0n) is 8.50. The normalized spacial score (nSPS) is 15.2. The Morgan fingerprint density at radius 3 is 2.75 bits per heavy atom. The SMILES string of the molecule is O=C(C1=COCCC1)c1ccc(F)cc1F. The Labute approximate surface area is 91.5 Å². The highest BCUT2D eigenvalue weighted by atomic mass is 19.1. The van der Waals surface area contributed by atoms with Crippen LogP contribution in [0.3, 0.4) is 0 Å².